The standard InChI is InChI=1S/C12H13F2N3O3/c13-3-4-15-5-6-16(8-12(15)18)9-1-2-11(17(19)20)10(14)7-9/h1-2,7H,3-6,8H2. The van der Waals surface area contributed by atoms with E-state index in [2.05, 4.69) is 0 Å². The molecule has 1 heterocycles. The lowest BCUT2D eigenvalue weighted by atomic mass is 10.2. The van der Waals surface area contributed by atoms with Crippen LogP contribution < -0.4 is 4.90 Å². The predicted molar refractivity (Wildman–Crippen MR) is 67.8 cm³/mol. The Kier molecular flexibility index (Phi) is 4.11. The minimum Gasteiger partial charge on any atom is -0.360 e. The van der Waals surface area contributed by atoms with Gasteiger partial charge in [0.2, 0.25) is 11.7 Å². The fourth-order valence-electron chi connectivity index (χ4n) is 2.11. The first-order valence-corrected chi connectivity index (χ1v) is 6.05. The van der Waals surface area contributed by atoms with Crippen LogP contribution in [0.4, 0.5) is 20.2 Å². The summed E-state index contributed by atoms with van der Waals surface area (Å²) in [5.74, 6) is -1.18. The summed E-state index contributed by atoms with van der Waals surface area (Å²) < 4.78 is 25.8. The number of hydrogen-bond donors (Lipinski definition) is 0. The Balaban J connectivity index is 2.12. The summed E-state index contributed by atoms with van der Waals surface area (Å²) in [4.78, 5) is 24.5. The number of hydrogen-bond acceptors (Lipinski definition) is 4. The zero-order chi connectivity index (χ0) is 14.7. The van der Waals surface area contributed by atoms with Crippen LogP contribution in [0.25, 0.3) is 0 Å². The number of anilines is 1. The zero-order valence-electron chi connectivity index (χ0n) is 10.6. The van der Waals surface area contributed by atoms with E-state index in [1.165, 1.54) is 11.0 Å². The second-order valence-corrected chi connectivity index (χ2v) is 4.38. The van der Waals surface area contributed by atoms with Gasteiger partial charge >= 0.3 is 5.69 Å². The number of benzene rings is 1. The average Bonchev–Trinajstić information content (AvgIpc) is 2.40. The average molecular weight is 285 g/mol. The summed E-state index contributed by atoms with van der Waals surface area (Å²) in [5, 5.41) is 10.5. The van der Waals surface area contributed by atoms with E-state index in [1.807, 2.05) is 0 Å². The van der Waals surface area contributed by atoms with Crippen molar-refractivity contribution in [3.05, 3.63) is 34.1 Å². The molecule has 0 aromatic heterocycles. The minimum atomic E-state index is -0.939. The SMILES string of the molecule is O=C1CN(c2ccc([N+](=O)[O-])c(F)c2)CCN1CCF. The molecule has 1 aromatic carbocycles. The molecule has 0 atom stereocenters. The van der Waals surface area contributed by atoms with Crippen molar-refractivity contribution in [2.45, 2.75) is 0 Å². The van der Waals surface area contributed by atoms with Gasteiger partial charge < -0.3 is 9.80 Å². The Labute approximate surface area is 113 Å². The smallest absolute Gasteiger partial charge is 0.304 e. The molecule has 6 nitrogen and oxygen atoms in total. The number of rotatable bonds is 4. The van der Waals surface area contributed by atoms with Crippen LogP contribution in [0.15, 0.2) is 18.2 Å². The highest BCUT2D eigenvalue weighted by atomic mass is 19.1. The van der Waals surface area contributed by atoms with E-state index in [4.69, 9.17) is 0 Å². The number of carbonyl (C=O) groups excluding carboxylic acids is 1. The second kappa shape index (κ2) is 5.81. The maximum Gasteiger partial charge on any atom is 0.304 e. The number of amides is 1. The van der Waals surface area contributed by atoms with Gasteiger partial charge in [-0.25, -0.2) is 4.39 Å². The Hall–Kier alpha value is -2.25. The van der Waals surface area contributed by atoms with Gasteiger partial charge in [0.15, 0.2) is 0 Å². The van der Waals surface area contributed by atoms with Crippen molar-refractivity contribution in [1.29, 1.82) is 0 Å². The van der Waals surface area contributed by atoms with E-state index in [-0.39, 0.29) is 19.0 Å². The summed E-state index contributed by atoms with van der Waals surface area (Å²) in [5.41, 5.74) is -0.197. The highest BCUT2D eigenvalue weighted by molar-refractivity contribution is 5.82. The van der Waals surface area contributed by atoms with Crippen LogP contribution >= 0.6 is 0 Å². The molecule has 8 heteroatoms. The van der Waals surface area contributed by atoms with Crippen molar-refractivity contribution in [2.24, 2.45) is 0 Å². The van der Waals surface area contributed by atoms with Crippen LogP contribution in [0, 0.1) is 15.9 Å². The van der Waals surface area contributed by atoms with Crippen molar-refractivity contribution in [1.82, 2.24) is 4.90 Å². The number of piperazine rings is 1. The van der Waals surface area contributed by atoms with E-state index in [1.54, 1.807) is 4.90 Å². The van der Waals surface area contributed by atoms with E-state index < -0.39 is 23.1 Å². The number of halogens is 2. The van der Waals surface area contributed by atoms with Crippen LogP contribution in [0.2, 0.25) is 0 Å². The first kappa shape index (κ1) is 14.2. The van der Waals surface area contributed by atoms with Gasteiger partial charge in [0.1, 0.15) is 6.67 Å². The van der Waals surface area contributed by atoms with E-state index in [9.17, 15) is 23.7 Å². The van der Waals surface area contributed by atoms with Gasteiger partial charge in [-0.05, 0) is 6.07 Å². The molecule has 0 bridgehead atoms. The monoisotopic (exact) mass is 285 g/mol. The molecule has 0 N–H and O–H groups in total. The summed E-state index contributed by atoms with van der Waals surface area (Å²) in [6, 6.07) is 3.51. The Morgan fingerprint density at radius 3 is 2.65 bits per heavy atom. The number of nitro groups is 1. The maximum atomic E-state index is 13.5. The van der Waals surface area contributed by atoms with Gasteiger partial charge in [-0.2, -0.15) is 4.39 Å². The molecule has 0 saturated carbocycles. The van der Waals surface area contributed by atoms with Crippen LogP contribution in [-0.4, -0.2) is 48.6 Å². The first-order chi connectivity index (χ1) is 9.52. The van der Waals surface area contributed by atoms with Gasteiger partial charge in [0, 0.05) is 37.5 Å². The molecule has 108 valence electrons. The predicted octanol–water partition coefficient (Wildman–Crippen LogP) is 1.35. The lowest BCUT2D eigenvalue weighted by Gasteiger charge is -2.35. The summed E-state index contributed by atoms with van der Waals surface area (Å²) in [6.45, 7) is 0.251. The lowest BCUT2D eigenvalue weighted by Crippen LogP contribution is -2.51. The molecule has 1 amide bonds. The molecule has 1 aliphatic heterocycles. The molecular formula is C12H13F2N3O3. The third kappa shape index (κ3) is 2.84. The lowest BCUT2D eigenvalue weighted by molar-refractivity contribution is -0.387. The Morgan fingerprint density at radius 1 is 1.35 bits per heavy atom. The molecule has 0 unspecified atom stereocenters. The minimum absolute atomic E-state index is 0.0112. The summed E-state index contributed by atoms with van der Waals surface area (Å²) >= 11 is 0. The van der Waals surface area contributed by atoms with Crippen molar-refractivity contribution >= 4 is 17.3 Å². The first-order valence-electron chi connectivity index (χ1n) is 6.05. The van der Waals surface area contributed by atoms with Crippen LogP contribution in [0.3, 0.4) is 0 Å². The number of alkyl halides is 1. The molecule has 2 rings (SSSR count). The second-order valence-electron chi connectivity index (χ2n) is 4.38. The fourth-order valence-corrected chi connectivity index (χ4v) is 2.11. The Morgan fingerprint density at radius 2 is 2.10 bits per heavy atom. The van der Waals surface area contributed by atoms with Crippen molar-refractivity contribution in [2.75, 3.05) is 37.8 Å². The van der Waals surface area contributed by atoms with Gasteiger partial charge in [-0.15, -0.1) is 0 Å². The topological polar surface area (TPSA) is 66.7 Å². The summed E-state index contributed by atoms with van der Waals surface area (Å²) in [7, 11) is 0. The van der Waals surface area contributed by atoms with Gasteiger partial charge in [0.25, 0.3) is 0 Å². The van der Waals surface area contributed by atoms with Crippen molar-refractivity contribution in [3.63, 3.8) is 0 Å². The third-order valence-electron chi connectivity index (χ3n) is 3.17. The van der Waals surface area contributed by atoms with E-state index in [0.717, 1.165) is 12.1 Å². The molecule has 20 heavy (non-hydrogen) atoms. The third-order valence-corrected chi connectivity index (χ3v) is 3.17. The van der Waals surface area contributed by atoms with E-state index >= 15 is 0 Å². The van der Waals surface area contributed by atoms with Gasteiger partial charge in [-0.1, -0.05) is 0 Å². The molecule has 0 spiro atoms. The molecule has 0 radical (unpaired) electrons. The normalized spacial score (nSPS) is 15.6. The molecule has 1 aliphatic rings. The van der Waals surface area contributed by atoms with E-state index in [0.29, 0.717) is 18.8 Å². The molecule has 1 saturated heterocycles. The summed E-state index contributed by atoms with van der Waals surface area (Å²) in [6.07, 6.45) is 0. The number of nitrogens with zero attached hydrogens (tertiary/aromatic N) is 3. The van der Waals surface area contributed by atoms with Crippen LogP contribution in [0.1, 0.15) is 0 Å². The van der Waals surface area contributed by atoms with Crippen molar-refractivity contribution in [3.8, 4) is 0 Å². The fraction of sp³-hybridized carbons (Fsp3) is 0.417. The quantitative estimate of drug-likeness (QED) is 0.618. The zero-order valence-corrected chi connectivity index (χ0v) is 10.6. The Bertz CT molecular complexity index is 539. The van der Waals surface area contributed by atoms with Gasteiger partial charge in [0.05, 0.1) is 11.5 Å². The van der Waals surface area contributed by atoms with Crippen LogP contribution in [-0.2, 0) is 4.79 Å². The number of carbonyl (C=O) groups is 1. The molecule has 1 aromatic rings. The number of nitro benzene ring substituents is 1. The van der Waals surface area contributed by atoms with Crippen LogP contribution in [0.5, 0.6) is 0 Å². The molecular weight excluding hydrogens is 272 g/mol. The maximum absolute atomic E-state index is 13.5. The highest BCUT2D eigenvalue weighted by Crippen LogP contribution is 2.24. The van der Waals surface area contributed by atoms with Crippen molar-refractivity contribution < 1.29 is 18.5 Å². The molecule has 1 fully saturated rings. The largest absolute Gasteiger partial charge is 0.360 e. The van der Waals surface area contributed by atoms with Gasteiger partial charge in [-0.3, -0.25) is 14.9 Å². The molecule has 0 aliphatic carbocycles. The highest BCUT2D eigenvalue weighted by Gasteiger charge is 2.25.